The molecule has 2 saturated carbocycles. The molecule has 172 valence electrons. The third-order valence-corrected chi connectivity index (χ3v) is 8.64. The molecule has 0 amide bonds. The first kappa shape index (κ1) is 21.1. The van der Waals surface area contributed by atoms with Crippen LogP contribution in [-0.4, -0.2) is 89.3 Å². The fraction of sp³-hybridized carbons (Fsp3) is 0.810. The van der Waals surface area contributed by atoms with E-state index in [9.17, 15) is 24.9 Å². The molecule has 1 spiro atoms. The van der Waals surface area contributed by atoms with Gasteiger partial charge in [-0.25, -0.2) is 4.79 Å². The van der Waals surface area contributed by atoms with Crippen LogP contribution in [-0.2, 0) is 33.3 Å². The number of esters is 2. The molecule has 5 aliphatic rings. The Hall–Kier alpha value is -1.72. The maximum atomic E-state index is 13.0. The van der Waals surface area contributed by atoms with Crippen molar-refractivity contribution in [3.05, 3.63) is 11.3 Å². The highest BCUT2D eigenvalue weighted by Gasteiger charge is 2.95. The summed E-state index contributed by atoms with van der Waals surface area (Å²) in [5, 5.41) is 33.5. The van der Waals surface area contributed by atoms with Crippen LogP contribution in [0.5, 0.6) is 0 Å². The summed E-state index contributed by atoms with van der Waals surface area (Å²) in [5.41, 5.74) is -6.21. The van der Waals surface area contributed by atoms with Crippen LogP contribution in [0.2, 0.25) is 0 Å². The summed E-state index contributed by atoms with van der Waals surface area (Å²) in [6.45, 7) is 4.69. The van der Waals surface area contributed by atoms with Gasteiger partial charge in [0.2, 0.25) is 0 Å². The van der Waals surface area contributed by atoms with Gasteiger partial charge in [-0.15, -0.1) is 0 Å². The van der Waals surface area contributed by atoms with Crippen LogP contribution in [0.15, 0.2) is 11.3 Å². The van der Waals surface area contributed by atoms with Crippen LogP contribution in [0.1, 0.15) is 27.2 Å². The van der Waals surface area contributed by atoms with Crippen molar-refractivity contribution in [2.45, 2.75) is 68.4 Å². The molecule has 0 unspecified atom stereocenters. The van der Waals surface area contributed by atoms with Gasteiger partial charge in [0.25, 0.3) is 0 Å². The summed E-state index contributed by atoms with van der Waals surface area (Å²) in [6.07, 6.45) is -3.63. The van der Waals surface area contributed by atoms with Gasteiger partial charge in [0.05, 0.1) is 18.1 Å². The number of aliphatic hydroxyl groups is 3. The molecule has 31 heavy (non-hydrogen) atoms. The van der Waals surface area contributed by atoms with Gasteiger partial charge in [-0.1, -0.05) is 20.8 Å². The Morgan fingerprint density at radius 1 is 1.19 bits per heavy atom. The van der Waals surface area contributed by atoms with Crippen molar-refractivity contribution in [2.75, 3.05) is 20.8 Å². The third-order valence-electron chi connectivity index (χ3n) is 8.64. The van der Waals surface area contributed by atoms with Crippen LogP contribution < -0.4 is 0 Å². The van der Waals surface area contributed by atoms with Gasteiger partial charge >= 0.3 is 11.9 Å². The first-order valence-corrected chi connectivity index (χ1v) is 10.4. The summed E-state index contributed by atoms with van der Waals surface area (Å²) < 4.78 is 28.3. The minimum absolute atomic E-state index is 0.0108. The van der Waals surface area contributed by atoms with Crippen molar-refractivity contribution in [2.24, 2.45) is 17.3 Å². The van der Waals surface area contributed by atoms with E-state index in [4.69, 9.17) is 23.7 Å². The average Bonchev–Trinajstić information content (AvgIpc) is 3.37. The fourth-order valence-corrected chi connectivity index (χ4v) is 7.01. The number of epoxide rings is 1. The second-order valence-corrected chi connectivity index (χ2v) is 9.71. The molecule has 10 heteroatoms. The summed E-state index contributed by atoms with van der Waals surface area (Å²) in [6, 6.07) is 0. The van der Waals surface area contributed by atoms with E-state index in [1.807, 2.05) is 0 Å². The highest BCUT2D eigenvalue weighted by atomic mass is 16.7. The molecule has 0 aromatic rings. The Balaban J connectivity index is 1.73. The Bertz CT molecular complexity index is 893. The second kappa shape index (κ2) is 5.99. The first-order valence-electron chi connectivity index (χ1n) is 10.4. The standard InChI is InChI=1S/C21H28O10/c1-8(2)20(25)11-17(24)30-14(20)12(28-5)18(3)19(13-15(29-13)21(11,18)26)6-9(16(23)31-19)10(7-22)27-4/h8,11-15,22,25-26H,6-7H2,1-5H3/t11-,12+,13+,14-,15-,18-,19+,20+,21-/m0/s1. The van der Waals surface area contributed by atoms with Gasteiger partial charge in [0.1, 0.15) is 47.8 Å². The lowest BCUT2D eigenvalue weighted by Crippen LogP contribution is -2.78. The van der Waals surface area contributed by atoms with E-state index in [1.165, 1.54) is 14.2 Å². The molecule has 3 heterocycles. The molecule has 3 saturated heterocycles. The van der Waals surface area contributed by atoms with E-state index in [0.29, 0.717) is 0 Å². The Morgan fingerprint density at radius 3 is 2.42 bits per heavy atom. The highest BCUT2D eigenvalue weighted by Crippen LogP contribution is 2.76. The van der Waals surface area contributed by atoms with E-state index in [2.05, 4.69) is 0 Å². The zero-order valence-electron chi connectivity index (χ0n) is 18.1. The number of aliphatic hydroxyl groups excluding tert-OH is 1. The van der Waals surface area contributed by atoms with Gasteiger partial charge in [-0.3, -0.25) is 4.79 Å². The fourth-order valence-electron chi connectivity index (χ4n) is 7.01. The zero-order valence-corrected chi connectivity index (χ0v) is 18.1. The predicted molar refractivity (Wildman–Crippen MR) is 100 cm³/mol. The number of fused-ring (bicyclic) bond motifs is 8. The van der Waals surface area contributed by atoms with Crippen LogP contribution in [0.25, 0.3) is 0 Å². The first-order chi connectivity index (χ1) is 14.5. The largest absolute Gasteiger partial charge is 0.498 e. The second-order valence-electron chi connectivity index (χ2n) is 9.71. The van der Waals surface area contributed by atoms with Crippen molar-refractivity contribution in [1.82, 2.24) is 0 Å². The average molecular weight is 440 g/mol. The normalized spacial score (nSPS) is 53.4. The SMILES string of the molecule is COC(CO)=C1C[C@@]2(OC1=O)[C@@H]1O[C@@H]1[C@@]1(O)[C@H]3C(=O)O[C@@H]([C@@H](OC)[C@]12C)[C@@]3(O)C(C)C. The van der Waals surface area contributed by atoms with Crippen LogP contribution in [0.3, 0.4) is 0 Å². The van der Waals surface area contributed by atoms with Gasteiger partial charge in [-0.2, -0.15) is 0 Å². The molecule has 2 aliphatic carbocycles. The molecule has 0 radical (unpaired) electrons. The molecule has 3 N–H and O–H groups in total. The third kappa shape index (κ3) is 1.94. The Labute approximate surface area is 179 Å². The quantitative estimate of drug-likeness (QED) is 0.216. The van der Waals surface area contributed by atoms with Crippen molar-refractivity contribution >= 4 is 11.9 Å². The molecule has 3 aliphatic heterocycles. The highest BCUT2D eigenvalue weighted by molar-refractivity contribution is 5.93. The van der Waals surface area contributed by atoms with Crippen molar-refractivity contribution < 1.29 is 48.6 Å². The van der Waals surface area contributed by atoms with E-state index in [0.717, 1.165) is 0 Å². The van der Waals surface area contributed by atoms with E-state index in [-0.39, 0.29) is 17.8 Å². The maximum Gasteiger partial charge on any atom is 0.338 e. The van der Waals surface area contributed by atoms with Gasteiger partial charge in [-0.05, 0) is 5.92 Å². The van der Waals surface area contributed by atoms with Gasteiger partial charge in [0, 0.05) is 13.5 Å². The summed E-state index contributed by atoms with van der Waals surface area (Å²) >= 11 is 0. The maximum absolute atomic E-state index is 13.0. The Morgan fingerprint density at radius 2 is 1.87 bits per heavy atom. The van der Waals surface area contributed by atoms with E-state index >= 15 is 0 Å². The van der Waals surface area contributed by atoms with Crippen molar-refractivity contribution in [1.29, 1.82) is 0 Å². The molecule has 9 atom stereocenters. The zero-order chi connectivity index (χ0) is 22.7. The number of hydrogen-bond donors (Lipinski definition) is 3. The molecular formula is C21H28O10. The van der Waals surface area contributed by atoms with Crippen molar-refractivity contribution in [3.63, 3.8) is 0 Å². The number of carbonyl (C=O) groups is 2. The summed E-state index contributed by atoms with van der Waals surface area (Å²) in [7, 11) is 2.75. The number of methoxy groups -OCH3 is 2. The van der Waals surface area contributed by atoms with E-state index in [1.54, 1.807) is 20.8 Å². The molecule has 10 nitrogen and oxygen atoms in total. The summed E-state index contributed by atoms with van der Waals surface area (Å²) in [4.78, 5) is 25.9. The molecule has 5 fully saturated rings. The molecule has 2 bridgehead atoms. The monoisotopic (exact) mass is 440 g/mol. The lowest BCUT2D eigenvalue weighted by atomic mass is 9.48. The number of hydrogen-bond acceptors (Lipinski definition) is 10. The van der Waals surface area contributed by atoms with Crippen LogP contribution >= 0.6 is 0 Å². The number of ether oxygens (including phenoxy) is 5. The summed E-state index contributed by atoms with van der Waals surface area (Å²) in [5.74, 6) is -3.09. The molecular weight excluding hydrogens is 412 g/mol. The van der Waals surface area contributed by atoms with Gasteiger partial charge in [0.15, 0.2) is 11.7 Å². The number of carbonyl (C=O) groups excluding carboxylic acids is 2. The van der Waals surface area contributed by atoms with Crippen LogP contribution in [0, 0.1) is 17.3 Å². The number of rotatable bonds is 4. The van der Waals surface area contributed by atoms with Gasteiger partial charge < -0.3 is 39.0 Å². The molecule has 0 aromatic carbocycles. The molecule has 0 aromatic heterocycles. The molecule has 5 rings (SSSR count). The minimum Gasteiger partial charge on any atom is -0.498 e. The lowest BCUT2D eigenvalue weighted by molar-refractivity contribution is -0.313. The lowest BCUT2D eigenvalue weighted by Gasteiger charge is -2.60. The van der Waals surface area contributed by atoms with E-state index < -0.39 is 77.0 Å². The van der Waals surface area contributed by atoms with Crippen LogP contribution in [0.4, 0.5) is 0 Å². The minimum atomic E-state index is -1.91. The van der Waals surface area contributed by atoms with Crippen molar-refractivity contribution in [3.8, 4) is 0 Å². The topological polar surface area (TPSA) is 144 Å². The Kier molecular flexibility index (Phi) is 4.08. The predicted octanol–water partition coefficient (Wildman–Crippen LogP) is -0.959. The smallest absolute Gasteiger partial charge is 0.338 e.